The van der Waals surface area contributed by atoms with E-state index >= 15 is 0 Å². The molecule has 0 saturated carbocycles. The Morgan fingerprint density at radius 3 is 2.23 bits per heavy atom. The number of pyridine rings is 1. The second-order valence-electron chi connectivity index (χ2n) is 10.2. The summed E-state index contributed by atoms with van der Waals surface area (Å²) < 4.78 is 8.10. The zero-order chi connectivity index (χ0) is 24.5. The zero-order valence-corrected chi connectivity index (χ0v) is 21.5. The Morgan fingerprint density at radius 1 is 0.886 bits per heavy atom. The van der Waals surface area contributed by atoms with Gasteiger partial charge in [0.25, 0.3) is 0 Å². The van der Waals surface area contributed by atoms with Crippen LogP contribution < -0.4 is 4.90 Å². The summed E-state index contributed by atoms with van der Waals surface area (Å²) in [6.45, 7) is 8.04. The number of rotatable bonds is 13. The Balaban J connectivity index is 1.35. The molecule has 35 heavy (non-hydrogen) atoms. The van der Waals surface area contributed by atoms with E-state index in [0.29, 0.717) is 6.54 Å². The topological polar surface area (TPSA) is 74.0 Å². The van der Waals surface area contributed by atoms with Crippen LogP contribution in [0, 0.1) is 0 Å². The second kappa shape index (κ2) is 13.2. The molecule has 1 unspecified atom stereocenters. The molecule has 0 radical (unpaired) electrons. The first-order chi connectivity index (χ1) is 17.2. The predicted molar refractivity (Wildman–Crippen MR) is 140 cm³/mol. The Kier molecular flexibility index (Phi) is 9.72. The van der Waals surface area contributed by atoms with Crippen LogP contribution in [-0.4, -0.2) is 70.1 Å². The first kappa shape index (κ1) is 25.8. The van der Waals surface area contributed by atoms with E-state index < -0.39 is 0 Å². The van der Waals surface area contributed by atoms with Crippen molar-refractivity contribution in [3.8, 4) is 11.8 Å². The highest BCUT2D eigenvalue weighted by molar-refractivity contribution is 5.46. The fourth-order valence-electron chi connectivity index (χ4n) is 5.49. The minimum Gasteiger partial charge on any atom is -0.494 e. The second-order valence-corrected chi connectivity index (χ2v) is 10.2. The van der Waals surface area contributed by atoms with Gasteiger partial charge in [0.05, 0.1) is 12.6 Å². The Bertz CT molecular complexity index is 864. The molecule has 0 spiro atoms. The van der Waals surface area contributed by atoms with Gasteiger partial charge in [-0.15, -0.1) is 0 Å². The van der Waals surface area contributed by atoms with Gasteiger partial charge >= 0.3 is 0 Å². The first-order valence-electron chi connectivity index (χ1n) is 13.8. The number of hydrogen-bond acceptors (Lipinski definition) is 6. The minimum atomic E-state index is -0.0716. The molecule has 4 rings (SSSR count). The third-order valence-electron chi connectivity index (χ3n) is 7.56. The maximum absolute atomic E-state index is 10.9. The van der Waals surface area contributed by atoms with Crippen molar-refractivity contribution in [2.45, 2.75) is 83.8 Å². The molecule has 2 N–H and O–H groups in total. The van der Waals surface area contributed by atoms with Gasteiger partial charge in [-0.3, -0.25) is 9.47 Å². The van der Waals surface area contributed by atoms with E-state index in [-0.39, 0.29) is 17.9 Å². The summed E-state index contributed by atoms with van der Waals surface area (Å²) in [7, 11) is 0. The molecule has 0 amide bonds. The van der Waals surface area contributed by atoms with Crippen LogP contribution in [0.25, 0.3) is 0 Å². The number of unbranched alkanes of at least 4 members (excludes halogenated alkanes) is 5. The number of fused-ring (bicyclic) bond motifs is 1. The van der Waals surface area contributed by atoms with Gasteiger partial charge in [0, 0.05) is 56.7 Å². The molecule has 1 aliphatic carbocycles. The molecule has 1 aliphatic heterocycles. The van der Waals surface area contributed by atoms with Crippen LogP contribution in [0.4, 0.5) is 5.82 Å². The van der Waals surface area contributed by atoms with E-state index in [1.54, 1.807) is 4.57 Å². The Hall–Kier alpha value is -2.25. The number of ether oxygens (including phenoxy) is 1. The smallest absolute Gasteiger partial charge is 0.197 e. The van der Waals surface area contributed by atoms with E-state index in [0.717, 1.165) is 88.4 Å². The Morgan fingerprint density at radius 2 is 1.57 bits per heavy atom. The van der Waals surface area contributed by atoms with Crippen LogP contribution in [0.5, 0.6) is 11.8 Å². The van der Waals surface area contributed by atoms with Gasteiger partial charge < -0.3 is 19.8 Å². The highest BCUT2D eigenvalue weighted by atomic mass is 16.5. The summed E-state index contributed by atoms with van der Waals surface area (Å²) in [4.78, 5) is 9.28. The number of aromatic hydroxyl groups is 2. The molecule has 2 aromatic rings. The lowest BCUT2D eigenvalue weighted by molar-refractivity contribution is 0.0104. The van der Waals surface area contributed by atoms with Gasteiger partial charge in [-0.05, 0) is 44.2 Å². The molecule has 7 nitrogen and oxygen atoms in total. The van der Waals surface area contributed by atoms with Crippen molar-refractivity contribution in [1.29, 1.82) is 0 Å². The predicted octanol–water partition coefficient (Wildman–Crippen LogP) is 4.74. The summed E-state index contributed by atoms with van der Waals surface area (Å²) in [5.41, 5.74) is 1.87. The van der Waals surface area contributed by atoms with E-state index in [2.05, 4.69) is 27.8 Å². The van der Waals surface area contributed by atoms with Crippen molar-refractivity contribution in [1.82, 2.24) is 14.5 Å². The molecular weight excluding hydrogens is 440 g/mol. The fraction of sp³-hybridized carbons (Fsp3) is 0.679. The SMILES string of the molecule is CCCCCCCCOC(CN1CCN(c2ccccn2)CC1)Cn1c(O)c2c(c1O)CCCC2. The standard InChI is InChI=1S/C28H44N4O3/c1-2-3-4-5-6-11-20-35-23(22-32-27(33)24-12-7-8-13-25(24)28(32)34)21-30-16-18-31(19-17-30)26-14-9-10-15-29-26/h9-10,14-15,23,33-34H,2-8,11-13,16-22H2,1H3. The van der Waals surface area contributed by atoms with Crippen molar-refractivity contribution in [3.63, 3.8) is 0 Å². The average molecular weight is 485 g/mol. The minimum absolute atomic E-state index is 0.0716. The number of nitrogens with zero attached hydrogens (tertiary/aromatic N) is 4. The molecule has 1 saturated heterocycles. The summed E-state index contributed by atoms with van der Waals surface area (Å²) >= 11 is 0. The third kappa shape index (κ3) is 6.91. The molecule has 3 heterocycles. The maximum atomic E-state index is 10.9. The van der Waals surface area contributed by atoms with E-state index in [9.17, 15) is 10.2 Å². The van der Waals surface area contributed by atoms with Gasteiger partial charge in [-0.1, -0.05) is 45.1 Å². The normalized spacial score (nSPS) is 17.5. The quantitative estimate of drug-likeness (QED) is 0.400. The molecule has 0 bridgehead atoms. The summed E-state index contributed by atoms with van der Waals surface area (Å²) in [5, 5.41) is 21.8. The Labute approximate surface area is 210 Å². The van der Waals surface area contributed by atoms with Crippen molar-refractivity contribution >= 4 is 5.82 Å². The number of aromatic nitrogens is 2. The fourth-order valence-corrected chi connectivity index (χ4v) is 5.49. The highest BCUT2D eigenvalue weighted by Crippen LogP contribution is 2.38. The van der Waals surface area contributed by atoms with E-state index in [1.165, 1.54) is 32.1 Å². The molecule has 0 aromatic carbocycles. The summed E-state index contributed by atoms with van der Waals surface area (Å²) in [6.07, 6.45) is 13.0. The summed E-state index contributed by atoms with van der Waals surface area (Å²) in [5.74, 6) is 1.52. The van der Waals surface area contributed by atoms with Crippen molar-refractivity contribution in [2.24, 2.45) is 0 Å². The van der Waals surface area contributed by atoms with Gasteiger partial charge in [0.15, 0.2) is 11.8 Å². The molecule has 194 valence electrons. The van der Waals surface area contributed by atoms with Crippen molar-refractivity contribution < 1.29 is 14.9 Å². The molecular formula is C28H44N4O3. The van der Waals surface area contributed by atoms with Crippen LogP contribution >= 0.6 is 0 Å². The van der Waals surface area contributed by atoms with E-state index in [4.69, 9.17) is 4.74 Å². The number of piperazine rings is 1. The van der Waals surface area contributed by atoms with Crippen LogP contribution in [0.1, 0.15) is 69.4 Å². The lowest BCUT2D eigenvalue weighted by Crippen LogP contribution is -2.49. The van der Waals surface area contributed by atoms with Crippen molar-refractivity contribution in [2.75, 3.05) is 44.2 Å². The number of anilines is 1. The van der Waals surface area contributed by atoms with Crippen LogP contribution in [0.3, 0.4) is 0 Å². The molecule has 7 heteroatoms. The van der Waals surface area contributed by atoms with Gasteiger partial charge in [-0.25, -0.2) is 4.98 Å². The largest absolute Gasteiger partial charge is 0.494 e. The van der Waals surface area contributed by atoms with Crippen LogP contribution in [-0.2, 0) is 24.1 Å². The third-order valence-corrected chi connectivity index (χ3v) is 7.56. The highest BCUT2D eigenvalue weighted by Gasteiger charge is 2.27. The molecule has 1 atom stereocenters. The summed E-state index contributed by atoms with van der Waals surface area (Å²) in [6, 6.07) is 6.06. The zero-order valence-electron chi connectivity index (χ0n) is 21.5. The van der Waals surface area contributed by atoms with Gasteiger partial charge in [-0.2, -0.15) is 0 Å². The molecule has 1 fully saturated rings. The molecule has 2 aliphatic rings. The monoisotopic (exact) mass is 484 g/mol. The van der Waals surface area contributed by atoms with Crippen LogP contribution in [0.2, 0.25) is 0 Å². The van der Waals surface area contributed by atoms with E-state index in [1.807, 2.05) is 18.3 Å². The maximum Gasteiger partial charge on any atom is 0.197 e. The lowest BCUT2D eigenvalue weighted by Gasteiger charge is -2.37. The van der Waals surface area contributed by atoms with Crippen LogP contribution in [0.15, 0.2) is 24.4 Å². The molecule has 2 aromatic heterocycles. The van der Waals surface area contributed by atoms with Gasteiger partial charge in [0.1, 0.15) is 5.82 Å². The van der Waals surface area contributed by atoms with Crippen molar-refractivity contribution in [3.05, 3.63) is 35.5 Å². The van der Waals surface area contributed by atoms with Gasteiger partial charge in [0.2, 0.25) is 0 Å². The first-order valence-corrected chi connectivity index (χ1v) is 13.8. The average Bonchev–Trinajstić information content (AvgIpc) is 3.14. The lowest BCUT2D eigenvalue weighted by atomic mass is 9.95. The number of hydrogen-bond donors (Lipinski definition) is 2.